The van der Waals surface area contributed by atoms with Gasteiger partial charge in [-0.15, -0.1) is 0 Å². The SMILES string of the molecule is CCc1nc(NN)c(C)c(N(CCO)CC(F)F)n1. The molecule has 0 unspecified atom stereocenters. The Kier molecular flexibility index (Phi) is 5.84. The van der Waals surface area contributed by atoms with Crippen LogP contribution in [0.1, 0.15) is 18.3 Å². The van der Waals surface area contributed by atoms with Crippen LogP contribution in [0, 0.1) is 6.92 Å². The summed E-state index contributed by atoms with van der Waals surface area (Å²) >= 11 is 0. The Labute approximate surface area is 110 Å². The number of hydrazine groups is 1. The van der Waals surface area contributed by atoms with Gasteiger partial charge in [0, 0.05) is 18.5 Å². The highest BCUT2D eigenvalue weighted by atomic mass is 19.3. The molecule has 1 aromatic rings. The number of aryl methyl sites for hydroxylation is 1. The fourth-order valence-corrected chi connectivity index (χ4v) is 1.73. The van der Waals surface area contributed by atoms with Gasteiger partial charge in [0.2, 0.25) is 0 Å². The molecule has 8 heteroatoms. The Balaban J connectivity index is 3.19. The molecule has 0 aliphatic carbocycles. The lowest BCUT2D eigenvalue weighted by Crippen LogP contribution is -2.33. The third-order valence-corrected chi connectivity index (χ3v) is 2.65. The van der Waals surface area contributed by atoms with Crippen molar-refractivity contribution in [3.8, 4) is 0 Å². The second kappa shape index (κ2) is 7.15. The number of aliphatic hydroxyl groups excluding tert-OH is 1. The molecule has 0 saturated heterocycles. The van der Waals surface area contributed by atoms with Crippen LogP contribution in [-0.4, -0.2) is 41.2 Å². The smallest absolute Gasteiger partial charge is 0.255 e. The standard InChI is InChI=1S/C11H19F2N5O/c1-3-9-15-10(17-14)7(2)11(16-9)18(4-5-19)6-8(12)13/h8,19H,3-6,14H2,1-2H3,(H,15,16,17). The van der Waals surface area contributed by atoms with Crippen molar-refractivity contribution in [3.05, 3.63) is 11.4 Å². The fourth-order valence-electron chi connectivity index (χ4n) is 1.73. The van der Waals surface area contributed by atoms with E-state index in [0.717, 1.165) is 0 Å². The van der Waals surface area contributed by atoms with Gasteiger partial charge >= 0.3 is 0 Å². The maximum absolute atomic E-state index is 12.6. The summed E-state index contributed by atoms with van der Waals surface area (Å²) in [6.45, 7) is 2.90. The lowest BCUT2D eigenvalue weighted by molar-refractivity contribution is 0.152. The van der Waals surface area contributed by atoms with E-state index in [2.05, 4.69) is 15.4 Å². The Morgan fingerprint density at radius 1 is 1.42 bits per heavy atom. The molecule has 0 radical (unpaired) electrons. The van der Waals surface area contributed by atoms with E-state index in [0.29, 0.717) is 29.4 Å². The molecule has 1 aromatic heterocycles. The second-order valence-electron chi connectivity index (χ2n) is 4.00. The average Bonchev–Trinajstić information content (AvgIpc) is 2.38. The number of nitrogens with one attached hydrogen (secondary N) is 1. The first-order valence-electron chi connectivity index (χ1n) is 6.01. The van der Waals surface area contributed by atoms with Crippen LogP contribution in [0.5, 0.6) is 0 Å². The Bertz CT molecular complexity index is 416. The molecule has 0 atom stereocenters. The van der Waals surface area contributed by atoms with Gasteiger partial charge in [-0.1, -0.05) is 6.92 Å². The van der Waals surface area contributed by atoms with Crippen LogP contribution in [0.25, 0.3) is 0 Å². The number of halogens is 2. The first-order valence-corrected chi connectivity index (χ1v) is 6.01. The maximum atomic E-state index is 12.6. The normalized spacial score (nSPS) is 10.9. The van der Waals surface area contributed by atoms with Crippen LogP contribution in [0.15, 0.2) is 0 Å². The van der Waals surface area contributed by atoms with Crippen molar-refractivity contribution in [2.45, 2.75) is 26.7 Å². The van der Waals surface area contributed by atoms with E-state index in [1.807, 2.05) is 6.92 Å². The number of aliphatic hydroxyl groups is 1. The topological polar surface area (TPSA) is 87.3 Å². The number of nitrogens with zero attached hydrogens (tertiary/aromatic N) is 3. The predicted octanol–water partition coefficient (Wildman–Crippen LogP) is 0.697. The summed E-state index contributed by atoms with van der Waals surface area (Å²) in [4.78, 5) is 9.75. The van der Waals surface area contributed by atoms with Crippen LogP contribution in [0.4, 0.5) is 20.4 Å². The summed E-state index contributed by atoms with van der Waals surface area (Å²) < 4.78 is 25.2. The van der Waals surface area contributed by atoms with E-state index >= 15 is 0 Å². The maximum Gasteiger partial charge on any atom is 0.255 e. The minimum Gasteiger partial charge on any atom is -0.395 e. The number of alkyl halides is 2. The highest BCUT2D eigenvalue weighted by molar-refractivity contribution is 5.58. The van der Waals surface area contributed by atoms with Gasteiger partial charge in [0.15, 0.2) is 0 Å². The van der Waals surface area contributed by atoms with Crippen molar-refractivity contribution in [2.24, 2.45) is 5.84 Å². The molecule has 0 aromatic carbocycles. The summed E-state index contributed by atoms with van der Waals surface area (Å²) in [7, 11) is 0. The molecule has 108 valence electrons. The molecule has 0 spiro atoms. The van der Waals surface area contributed by atoms with Crippen LogP contribution < -0.4 is 16.2 Å². The second-order valence-corrected chi connectivity index (χ2v) is 4.00. The first kappa shape index (κ1) is 15.5. The summed E-state index contributed by atoms with van der Waals surface area (Å²) in [5.74, 6) is 6.64. The molecule has 0 aliphatic rings. The minimum absolute atomic E-state index is 0.0787. The first-order chi connectivity index (χ1) is 9.03. The molecule has 19 heavy (non-hydrogen) atoms. The molecule has 4 N–H and O–H groups in total. The van der Waals surface area contributed by atoms with Crippen molar-refractivity contribution in [1.82, 2.24) is 9.97 Å². The highest BCUT2D eigenvalue weighted by Crippen LogP contribution is 2.23. The Morgan fingerprint density at radius 3 is 2.58 bits per heavy atom. The zero-order valence-corrected chi connectivity index (χ0v) is 11.0. The van der Waals surface area contributed by atoms with Crippen molar-refractivity contribution in [1.29, 1.82) is 0 Å². The lowest BCUT2D eigenvalue weighted by Gasteiger charge is -2.25. The van der Waals surface area contributed by atoms with Gasteiger partial charge in [-0.3, -0.25) is 0 Å². The molecule has 0 fully saturated rings. The number of hydrogen-bond acceptors (Lipinski definition) is 6. The van der Waals surface area contributed by atoms with Gasteiger partial charge in [0.1, 0.15) is 17.5 Å². The Hall–Kier alpha value is -1.54. The number of anilines is 2. The molecule has 0 aliphatic heterocycles. The van der Waals surface area contributed by atoms with E-state index in [-0.39, 0.29) is 13.2 Å². The van der Waals surface area contributed by atoms with Crippen molar-refractivity contribution in [3.63, 3.8) is 0 Å². The third-order valence-electron chi connectivity index (χ3n) is 2.65. The van der Waals surface area contributed by atoms with E-state index in [1.165, 1.54) is 4.90 Å². The van der Waals surface area contributed by atoms with Gasteiger partial charge in [-0.25, -0.2) is 24.6 Å². The number of aromatic nitrogens is 2. The monoisotopic (exact) mass is 275 g/mol. The number of rotatable bonds is 7. The van der Waals surface area contributed by atoms with Crippen molar-refractivity contribution < 1.29 is 13.9 Å². The van der Waals surface area contributed by atoms with E-state index in [4.69, 9.17) is 10.9 Å². The van der Waals surface area contributed by atoms with Crippen LogP contribution >= 0.6 is 0 Å². The Morgan fingerprint density at radius 2 is 2.11 bits per heavy atom. The summed E-state index contributed by atoms with van der Waals surface area (Å²) in [5.41, 5.74) is 3.01. The van der Waals surface area contributed by atoms with E-state index in [9.17, 15) is 8.78 Å². The number of nitrogens with two attached hydrogens (primary N) is 1. The lowest BCUT2D eigenvalue weighted by atomic mass is 10.2. The molecule has 1 heterocycles. The van der Waals surface area contributed by atoms with E-state index < -0.39 is 13.0 Å². The molecule has 6 nitrogen and oxygen atoms in total. The summed E-state index contributed by atoms with van der Waals surface area (Å²) in [5, 5.41) is 8.98. The minimum atomic E-state index is -2.51. The van der Waals surface area contributed by atoms with Gasteiger partial charge in [-0.05, 0) is 6.92 Å². The molecule has 0 amide bonds. The van der Waals surface area contributed by atoms with Crippen molar-refractivity contribution >= 4 is 11.6 Å². The molecule has 1 rings (SSSR count). The summed E-state index contributed by atoms with van der Waals surface area (Å²) in [6.07, 6.45) is -1.95. The van der Waals surface area contributed by atoms with Crippen LogP contribution in [0.3, 0.4) is 0 Å². The largest absolute Gasteiger partial charge is 0.395 e. The predicted molar refractivity (Wildman–Crippen MR) is 69.3 cm³/mol. The zero-order chi connectivity index (χ0) is 14.4. The van der Waals surface area contributed by atoms with Gasteiger partial charge in [-0.2, -0.15) is 0 Å². The molecular weight excluding hydrogens is 256 g/mol. The van der Waals surface area contributed by atoms with E-state index in [1.54, 1.807) is 6.92 Å². The van der Waals surface area contributed by atoms with Gasteiger partial charge in [0.05, 0.1) is 13.2 Å². The highest BCUT2D eigenvalue weighted by Gasteiger charge is 2.19. The number of nitrogen functional groups attached to an aromatic ring is 1. The molecular formula is C11H19F2N5O. The zero-order valence-electron chi connectivity index (χ0n) is 11.0. The average molecular weight is 275 g/mol. The fraction of sp³-hybridized carbons (Fsp3) is 0.636. The van der Waals surface area contributed by atoms with Crippen LogP contribution in [0.2, 0.25) is 0 Å². The summed E-state index contributed by atoms with van der Waals surface area (Å²) in [6, 6.07) is 0. The quantitative estimate of drug-likeness (QED) is 0.501. The van der Waals surface area contributed by atoms with Gasteiger partial charge < -0.3 is 15.4 Å². The van der Waals surface area contributed by atoms with Crippen LogP contribution in [-0.2, 0) is 6.42 Å². The molecule has 0 bridgehead atoms. The number of hydrogen-bond donors (Lipinski definition) is 3. The van der Waals surface area contributed by atoms with Crippen molar-refractivity contribution in [2.75, 3.05) is 30.0 Å². The molecule has 0 saturated carbocycles. The van der Waals surface area contributed by atoms with Gasteiger partial charge in [0.25, 0.3) is 6.43 Å². The third kappa shape index (κ3) is 3.97.